The molecule has 2 N–H and O–H groups in total. The third-order valence-electron chi connectivity index (χ3n) is 5.61. The molecule has 2 heterocycles. The van der Waals surface area contributed by atoms with Gasteiger partial charge >= 0.3 is 0 Å². The predicted octanol–water partition coefficient (Wildman–Crippen LogP) is 3.31. The van der Waals surface area contributed by atoms with Crippen LogP contribution < -0.4 is 10.6 Å². The van der Waals surface area contributed by atoms with Crippen LogP contribution in [-0.2, 0) is 12.8 Å². The molecule has 1 amide bonds. The molecule has 1 aromatic heterocycles. The second-order valence-corrected chi connectivity index (χ2v) is 7.25. The van der Waals surface area contributed by atoms with Crippen LogP contribution in [-0.4, -0.2) is 28.8 Å². The highest BCUT2D eigenvalue weighted by atomic mass is 16.1. The van der Waals surface area contributed by atoms with E-state index in [1.807, 2.05) is 23.0 Å². The Hall–Kier alpha value is -2.66. The number of rotatable bonds is 3. The Morgan fingerprint density at radius 3 is 2.88 bits per heavy atom. The van der Waals surface area contributed by atoms with E-state index < -0.39 is 0 Å². The van der Waals surface area contributed by atoms with E-state index in [1.54, 1.807) is 0 Å². The molecule has 0 bridgehead atoms. The monoisotopic (exact) mass is 346 g/mol. The van der Waals surface area contributed by atoms with Crippen molar-refractivity contribution in [3.63, 3.8) is 0 Å². The molecule has 3 aromatic rings. The highest BCUT2D eigenvalue weighted by Gasteiger charge is 2.20. The average molecular weight is 346 g/mol. The fraction of sp³-hybridized carbons (Fsp3) is 0.333. The molecular weight excluding hydrogens is 324 g/mol. The number of carbonyl (C=O) groups excluding carboxylic acids is 1. The van der Waals surface area contributed by atoms with E-state index in [0.717, 1.165) is 49.8 Å². The number of anilines is 1. The number of hydrogen-bond donors (Lipinski definition) is 2. The number of aromatic nitrogens is 2. The van der Waals surface area contributed by atoms with Crippen LogP contribution in [0.15, 0.2) is 42.6 Å². The molecule has 1 fully saturated rings. The first-order chi connectivity index (χ1) is 12.8. The van der Waals surface area contributed by atoms with Crippen LogP contribution in [0.5, 0.6) is 0 Å². The largest absolute Gasteiger partial charge is 0.320 e. The second kappa shape index (κ2) is 6.25. The number of nitrogens with one attached hydrogen (secondary N) is 2. The van der Waals surface area contributed by atoms with Crippen molar-refractivity contribution in [1.29, 1.82) is 0 Å². The highest BCUT2D eigenvalue weighted by molar-refractivity contribution is 6.09. The molecule has 2 aliphatic rings. The molecule has 0 radical (unpaired) electrons. The van der Waals surface area contributed by atoms with E-state index >= 15 is 0 Å². The van der Waals surface area contributed by atoms with Crippen molar-refractivity contribution in [3.05, 3.63) is 59.4 Å². The van der Waals surface area contributed by atoms with Gasteiger partial charge in [-0.2, -0.15) is 5.10 Å². The smallest absolute Gasteiger partial charge is 0.276 e. The number of benzene rings is 2. The first-order valence-electron chi connectivity index (χ1n) is 9.40. The summed E-state index contributed by atoms with van der Waals surface area (Å²) in [6.45, 7) is 1.98. The van der Waals surface area contributed by atoms with E-state index in [2.05, 4.69) is 40.0 Å². The van der Waals surface area contributed by atoms with Crippen LogP contribution in [0, 0.1) is 0 Å². The van der Waals surface area contributed by atoms with Gasteiger partial charge in [-0.1, -0.05) is 24.3 Å². The lowest BCUT2D eigenvalue weighted by molar-refractivity contribution is 0.102. The molecule has 5 rings (SSSR count). The van der Waals surface area contributed by atoms with Gasteiger partial charge in [-0.3, -0.25) is 9.48 Å². The van der Waals surface area contributed by atoms with Gasteiger partial charge in [0.2, 0.25) is 0 Å². The Morgan fingerprint density at radius 2 is 2.04 bits per heavy atom. The van der Waals surface area contributed by atoms with Gasteiger partial charge < -0.3 is 10.6 Å². The molecule has 1 saturated heterocycles. The third kappa shape index (κ3) is 2.59. The van der Waals surface area contributed by atoms with Gasteiger partial charge in [-0.25, -0.2) is 0 Å². The van der Waals surface area contributed by atoms with Crippen molar-refractivity contribution in [2.45, 2.75) is 31.7 Å². The number of amides is 1. The van der Waals surface area contributed by atoms with Crippen molar-refractivity contribution in [3.8, 4) is 0 Å². The van der Waals surface area contributed by atoms with Gasteiger partial charge in [0.05, 0.1) is 6.04 Å². The molecule has 0 spiro atoms. The van der Waals surface area contributed by atoms with Gasteiger partial charge in [0.25, 0.3) is 5.91 Å². The molecule has 1 unspecified atom stereocenters. The lowest BCUT2D eigenvalue weighted by Gasteiger charge is -2.22. The Balaban J connectivity index is 1.41. The Labute approximate surface area is 152 Å². The summed E-state index contributed by atoms with van der Waals surface area (Å²) < 4.78 is 1.93. The quantitative estimate of drug-likeness (QED) is 0.765. The molecule has 5 heteroatoms. The van der Waals surface area contributed by atoms with E-state index in [4.69, 9.17) is 0 Å². The Bertz CT molecular complexity index is 975. The van der Waals surface area contributed by atoms with Crippen molar-refractivity contribution < 1.29 is 4.79 Å². The van der Waals surface area contributed by atoms with Crippen LogP contribution in [0.3, 0.4) is 0 Å². The normalized spacial score (nSPS) is 19.0. The summed E-state index contributed by atoms with van der Waals surface area (Å²) in [5.41, 5.74) is 4.09. The standard InChI is InChI=1S/C21H22N4O/c26-21(19-10-12-25(24-19)16-4-2-11-22-13-16)23-18-9-8-15-7-6-14-3-1-5-17(18)20(14)15/h1,3,5,8-10,12,16,22H,2,4,6-7,11,13H2,(H,23,26). The molecule has 1 aliphatic heterocycles. The summed E-state index contributed by atoms with van der Waals surface area (Å²) in [5.74, 6) is -0.147. The number of aryl methyl sites for hydroxylation is 2. The van der Waals surface area contributed by atoms with Crippen LogP contribution in [0.4, 0.5) is 5.69 Å². The predicted molar refractivity (Wildman–Crippen MR) is 103 cm³/mol. The summed E-state index contributed by atoms with van der Waals surface area (Å²) >= 11 is 0. The van der Waals surface area contributed by atoms with Crippen LogP contribution in [0.1, 0.15) is 40.5 Å². The van der Waals surface area contributed by atoms with Crippen LogP contribution >= 0.6 is 0 Å². The van der Waals surface area contributed by atoms with Crippen molar-refractivity contribution >= 4 is 22.4 Å². The third-order valence-corrected chi connectivity index (χ3v) is 5.61. The zero-order valence-electron chi connectivity index (χ0n) is 14.7. The minimum Gasteiger partial charge on any atom is -0.320 e. The summed E-state index contributed by atoms with van der Waals surface area (Å²) in [5, 5.41) is 13.4. The maximum absolute atomic E-state index is 12.7. The lowest BCUT2D eigenvalue weighted by atomic mass is 10.0. The maximum Gasteiger partial charge on any atom is 0.276 e. The summed E-state index contributed by atoms with van der Waals surface area (Å²) in [6.07, 6.45) is 6.34. The van der Waals surface area contributed by atoms with E-state index in [-0.39, 0.29) is 5.91 Å². The van der Waals surface area contributed by atoms with Crippen molar-refractivity contribution in [1.82, 2.24) is 15.1 Å². The molecule has 0 saturated carbocycles. The maximum atomic E-state index is 12.7. The molecule has 5 nitrogen and oxygen atoms in total. The molecule has 1 aliphatic carbocycles. The Morgan fingerprint density at radius 1 is 1.15 bits per heavy atom. The van der Waals surface area contributed by atoms with Gasteiger partial charge in [-0.05, 0) is 60.9 Å². The highest BCUT2D eigenvalue weighted by Crippen LogP contribution is 2.35. The topological polar surface area (TPSA) is 59.0 Å². The van der Waals surface area contributed by atoms with Gasteiger partial charge in [0.15, 0.2) is 5.69 Å². The molecule has 26 heavy (non-hydrogen) atoms. The molecule has 132 valence electrons. The summed E-state index contributed by atoms with van der Waals surface area (Å²) in [6, 6.07) is 12.7. The lowest BCUT2D eigenvalue weighted by Crippen LogP contribution is -2.32. The number of carbonyl (C=O) groups is 1. The van der Waals surface area contributed by atoms with Crippen molar-refractivity contribution in [2.75, 3.05) is 18.4 Å². The molecule has 1 atom stereocenters. The van der Waals surface area contributed by atoms with Gasteiger partial charge in [0, 0.05) is 23.8 Å². The SMILES string of the molecule is O=C(Nc1ccc2c3c(cccc13)CC2)c1ccn(C2CCCNC2)n1. The van der Waals surface area contributed by atoms with Gasteiger partial charge in [0.1, 0.15) is 0 Å². The van der Waals surface area contributed by atoms with E-state index in [9.17, 15) is 4.79 Å². The first-order valence-corrected chi connectivity index (χ1v) is 9.40. The van der Waals surface area contributed by atoms with Crippen LogP contribution in [0.25, 0.3) is 10.8 Å². The van der Waals surface area contributed by atoms with E-state index in [1.165, 1.54) is 16.5 Å². The Kier molecular flexibility index (Phi) is 3.75. The fourth-order valence-electron chi connectivity index (χ4n) is 4.26. The minimum atomic E-state index is -0.147. The first kappa shape index (κ1) is 15.6. The zero-order chi connectivity index (χ0) is 17.5. The number of hydrogen-bond acceptors (Lipinski definition) is 3. The van der Waals surface area contributed by atoms with Crippen LogP contribution in [0.2, 0.25) is 0 Å². The molecule has 2 aromatic carbocycles. The summed E-state index contributed by atoms with van der Waals surface area (Å²) in [7, 11) is 0. The number of nitrogens with zero attached hydrogens (tertiary/aromatic N) is 2. The van der Waals surface area contributed by atoms with Crippen molar-refractivity contribution in [2.24, 2.45) is 0 Å². The fourth-order valence-corrected chi connectivity index (χ4v) is 4.26. The van der Waals surface area contributed by atoms with E-state index in [0.29, 0.717) is 11.7 Å². The number of piperidine rings is 1. The average Bonchev–Trinajstić information content (AvgIpc) is 3.33. The molecular formula is C21H22N4O. The van der Waals surface area contributed by atoms with Gasteiger partial charge in [-0.15, -0.1) is 0 Å². The second-order valence-electron chi connectivity index (χ2n) is 7.25. The zero-order valence-corrected chi connectivity index (χ0v) is 14.7. The summed E-state index contributed by atoms with van der Waals surface area (Å²) in [4.78, 5) is 12.7. The minimum absolute atomic E-state index is 0.147.